The first-order chi connectivity index (χ1) is 16.9. The molecule has 0 spiro atoms. The number of likely N-dealkylation sites (tertiary alicyclic amines) is 1. The fourth-order valence-corrected chi connectivity index (χ4v) is 4.64. The van der Waals surface area contributed by atoms with Gasteiger partial charge in [0.25, 0.3) is 5.91 Å². The third-order valence-corrected chi connectivity index (χ3v) is 6.40. The molecule has 0 bridgehead atoms. The van der Waals surface area contributed by atoms with Gasteiger partial charge in [0.1, 0.15) is 10.8 Å². The molecule has 4 rings (SSSR count). The molecule has 0 radical (unpaired) electrons. The third-order valence-electron chi connectivity index (χ3n) is 5.38. The van der Waals surface area contributed by atoms with Crippen LogP contribution in [0.25, 0.3) is 0 Å². The summed E-state index contributed by atoms with van der Waals surface area (Å²) >= 11 is 1.11. The second kappa shape index (κ2) is 11.0. The number of benzene rings is 2. The number of halogens is 1. The van der Waals surface area contributed by atoms with Crippen molar-refractivity contribution in [1.82, 2.24) is 15.1 Å². The van der Waals surface area contributed by atoms with E-state index in [4.69, 9.17) is 4.74 Å². The van der Waals surface area contributed by atoms with Crippen LogP contribution in [0.2, 0.25) is 0 Å². The first kappa shape index (κ1) is 24.3. The van der Waals surface area contributed by atoms with Crippen molar-refractivity contribution in [2.75, 3.05) is 23.8 Å². The summed E-state index contributed by atoms with van der Waals surface area (Å²) in [6.45, 7) is 2.63. The standard InChI is InChI=1S/C24H24FN5O4S/c1-2-34-20(31)13-15-8-10-17(11-9-15)27-24(33)30-12-4-7-19(30)22-28-29-23(35-22)21(32)26-18-6-3-5-16(25)14-18/h3,5-6,8-11,14,19H,2,4,7,12-13H2,1H3,(H,26,32)(H,27,33)/t19-/m0/s1. The second-order valence-corrected chi connectivity index (χ2v) is 8.88. The molecule has 2 heterocycles. The molecule has 182 valence electrons. The minimum Gasteiger partial charge on any atom is -0.466 e. The van der Waals surface area contributed by atoms with Crippen LogP contribution < -0.4 is 10.6 Å². The number of esters is 1. The van der Waals surface area contributed by atoms with Crippen LogP contribution >= 0.6 is 11.3 Å². The number of amides is 3. The Morgan fingerprint density at radius 3 is 2.66 bits per heavy atom. The number of nitrogens with one attached hydrogen (secondary N) is 2. The zero-order valence-corrected chi connectivity index (χ0v) is 19.8. The van der Waals surface area contributed by atoms with Gasteiger partial charge in [-0.05, 0) is 55.7 Å². The summed E-state index contributed by atoms with van der Waals surface area (Å²) < 4.78 is 18.3. The van der Waals surface area contributed by atoms with E-state index >= 15 is 0 Å². The van der Waals surface area contributed by atoms with E-state index in [1.807, 2.05) is 0 Å². The highest BCUT2D eigenvalue weighted by molar-refractivity contribution is 7.13. The molecule has 1 saturated heterocycles. The summed E-state index contributed by atoms with van der Waals surface area (Å²) in [5.74, 6) is -1.25. The van der Waals surface area contributed by atoms with Gasteiger partial charge >= 0.3 is 12.0 Å². The Balaban J connectivity index is 1.37. The maximum absolute atomic E-state index is 13.4. The summed E-state index contributed by atoms with van der Waals surface area (Å²) in [5, 5.41) is 14.3. The zero-order valence-electron chi connectivity index (χ0n) is 19.0. The summed E-state index contributed by atoms with van der Waals surface area (Å²) in [7, 11) is 0. The number of nitrogens with zero attached hydrogens (tertiary/aromatic N) is 3. The van der Waals surface area contributed by atoms with Crippen molar-refractivity contribution >= 4 is 40.6 Å². The Labute approximate surface area is 205 Å². The molecular formula is C24H24FN5O4S. The van der Waals surface area contributed by atoms with Gasteiger partial charge in [-0.25, -0.2) is 9.18 Å². The lowest BCUT2D eigenvalue weighted by Gasteiger charge is -2.23. The van der Waals surface area contributed by atoms with Crippen molar-refractivity contribution < 1.29 is 23.5 Å². The van der Waals surface area contributed by atoms with Crippen LogP contribution in [0.3, 0.4) is 0 Å². The number of aromatic nitrogens is 2. The molecule has 1 aromatic heterocycles. The van der Waals surface area contributed by atoms with Crippen LogP contribution in [0.1, 0.15) is 46.2 Å². The van der Waals surface area contributed by atoms with Gasteiger partial charge in [0.2, 0.25) is 5.01 Å². The molecule has 2 N–H and O–H groups in total. The molecule has 1 fully saturated rings. The highest BCUT2D eigenvalue weighted by atomic mass is 32.1. The third kappa shape index (κ3) is 6.18. The van der Waals surface area contributed by atoms with Crippen molar-refractivity contribution in [2.24, 2.45) is 0 Å². The van der Waals surface area contributed by atoms with E-state index < -0.39 is 11.7 Å². The number of carbonyl (C=O) groups excluding carboxylic acids is 3. The number of ether oxygens (including phenoxy) is 1. The molecule has 35 heavy (non-hydrogen) atoms. The maximum Gasteiger partial charge on any atom is 0.322 e. The summed E-state index contributed by atoms with van der Waals surface area (Å²) in [6, 6.07) is 12.0. The molecule has 0 unspecified atom stereocenters. The zero-order chi connectivity index (χ0) is 24.8. The maximum atomic E-state index is 13.4. The van der Waals surface area contributed by atoms with Gasteiger partial charge in [0.15, 0.2) is 0 Å². The number of carbonyl (C=O) groups is 3. The molecule has 1 aliphatic heterocycles. The average Bonchev–Trinajstić information content (AvgIpc) is 3.50. The van der Waals surface area contributed by atoms with E-state index in [-0.39, 0.29) is 29.5 Å². The fraction of sp³-hybridized carbons (Fsp3) is 0.292. The van der Waals surface area contributed by atoms with Crippen LogP contribution in [0, 0.1) is 5.82 Å². The Hall–Kier alpha value is -3.86. The van der Waals surface area contributed by atoms with Gasteiger partial charge in [-0.3, -0.25) is 9.59 Å². The molecule has 1 aliphatic rings. The van der Waals surface area contributed by atoms with Crippen LogP contribution in [0.4, 0.5) is 20.6 Å². The lowest BCUT2D eigenvalue weighted by Crippen LogP contribution is -2.34. The monoisotopic (exact) mass is 497 g/mol. The molecule has 3 aromatic rings. The lowest BCUT2D eigenvalue weighted by atomic mass is 10.1. The van der Waals surface area contributed by atoms with Crippen molar-refractivity contribution in [3.63, 3.8) is 0 Å². The summed E-state index contributed by atoms with van der Waals surface area (Å²) in [6.07, 6.45) is 1.66. The molecule has 3 amide bonds. The van der Waals surface area contributed by atoms with Crippen molar-refractivity contribution in [3.8, 4) is 0 Å². The van der Waals surface area contributed by atoms with E-state index in [1.54, 1.807) is 42.2 Å². The molecule has 0 aliphatic carbocycles. The van der Waals surface area contributed by atoms with E-state index in [1.165, 1.54) is 18.2 Å². The quantitative estimate of drug-likeness (QED) is 0.468. The van der Waals surface area contributed by atoms with Crippen molar-refractivity contribution in [3.05, 3.63) is 69.9 Å². The summed E-state index contributed by atoms with van der Waals surface area (Å²) in [5.41, 5.74) is 1.71. The van der Waals surface area contributed by atoms with Gasteiger partial charge in [-0.15, -0.1) is 10.2 Å². The van der Waals surface area contributed by atoms with Crippen molar-refractivity contribution in [1.29, 1.82) is 0 Å². The van der Waals surface area contributed by atoms with Crippen molar-refractivity contribution in [2.45, 2.75) is 32.2 Å². The summed E-state index contributed by atoms with van der Waals surface area (Å²) in [4.78, 5) is 38.7. The molecule has 9 nitrogen and oxygen atoms in total. The first-order valence-corrected chi connectivity index (χ1v) is 12.0. The molecular weight excluding hydrogens is 473 g/mol. The smallest absolute Gasteiger partial charge is 0.322 e. The molecule has 0 saturated carbocycles. The van der Waals surface area contributed by atoms with Gasteiger partial charge < -0.3 is 20.3 Å². The van der Waals surface area contributed by atoms with Crippen LogP contribution in [-0.2, 0) is 16.0 Å². The molecule has 1 atom stereocenters. The Morgan fingerprint density at radius 1 is 1.11 bits per heavy atom. The van der Waals surface area contributed by atoms with E-state index in [0.29, 0.717) is 36.0 Å². The van der Waals surface area contributed by atoms with Crippen LogP contribution in [-0.4, -0.2) is 46.2 Å². The number of hydrogen-bond acceptors (Lipinski definition) is 7. The van der Waals surface area contributed by atoms with Gasteiger partial charge in [-0.2, -0.15) is 0 Å². The Bertz CT molecular complexity index is 1220. The molecule has 11 heteroatoms. The minimum atomic E-state index is -0.490. The Morgan fingerprint density at radius 2 is 1.91 bits per heavy atom. The minimum absolute atomic E-state index is 0.133. The van der Waals surface area contributed by atoms with E-state index in [0.717, 1.165) is 23.3 Å². The van der Waals surface area contributed by atoms with Gasteiger partial charge in [0, 0.05) is 17.9 Å². The normalized spacial score (nSPS) is 15.0. The first-order valence-electron chi connectivity index (χ1n) is 11.2. The Kier molecular flexibility index (Phi) is 7.66. The highest BCUT2D eigenvalue weighted by Gasteiger charge is 2.33. The van der Waals surface area contributed by atoms with Gasteiger partial charge in [-0.1, -0.05) is 29.5 Å². The van der Waals surface area contributed by atoms with E-state index in [9.17, 15) is 18.8 Å². The average molecular weight is 498 g/mol. The van der Waals surface area contributed by atoms with E-state index in [2.05, 4.69) is 20.8 Å². The van der Waals surface area contributed by atoms with Crippen LogP contribution in [0.5, 0.6) is 0 Å². The predicted molar refractivity (Wildman–Crippen MR) is 129 cm³/mol. The number of hydrogen-bond donors (Lipinski definition) is 2. The van der Waals surface area contributed by atoms with Gasteiger partial charge in [0.05, 0.1) is 19.1 Å². The fourth-order valence-electron chi connectivity index (χ4n) is 3.76. The lowest BCUT2D eigenvalue weighted by molar-refractivity contribution is -0.142. The largest absolute Gasteiger partial charge is 0.466 e. The molecule has 2 aromatic carbocycles. The number of rotatable bonds is 7. The predicted octanol–water partition coefficient (Wildman–Crippen LogP) is 4.40. The SMILES string of the molecule is CCOC(=O)Cc1ccc(NC(=O)N2CCC[C@H]2c2nnc(C(=O)Nc3cccc(F)c3)s2)cc1. The number of anilines is 2. The topological polar surface area (TPSA) is 114 Å². The highest BCUT2D eigenvalue weighted by Crippen LogP contribution is 2.34. The second-order valence-electron chi connectivity index (χ2n) is 7.87. The van der Waals surface area contributed by atoms with Crippen LogP contribution in [0.15, 0.2) is 48.5 Å². The number of urea groups is 1.